The molecule has 0 aliphatic carbocycles. The molecule has 1 amide bonds. The molecule has 1 fully saturated rings. The molecule has 1 aromatic carbocycles. The summed E-state index contributed by atoms with van der Waals surface area (Å²) in [6.07, 6.45) is -0.669. The van der Waals surface area contributed by atoms with Crippen LogP contribution < -0.4 is 0 Å². The lowest BCUT2D eigenvalue weighted by atomic mass is 10.1. The Hall–Kier alpha value is -1.54. The molecule has 1 heterocycles. The highest BCUT2D eigenvalue weighted by Crippen LogP contribution is 2.13. The van der Waals surface area contributed by atoms with Gasteiger partial charge in [0.1, 0.15) is 5.82 Å². The van der Waals surface area contributed by atoms with Gasteiger partial charge in [0, 0.05) is 45.4 Å². The molecule has 2 rings (SSSR count). The third kappa shape index (κ3) is 7.18. The molecule has 0 spiro atoms. The predicted octanol–water partition coefficient (Wildman–Crippen LogP) is 1.63. The Bertz CT molecular complexity index is 582. The van der Waals surface area contributed by atoms with Crippen molar-refractivity contribution in [3.63, 3.8) is 0 Å². The summed E-state index contributed by atoms with van der Waals surface area (Å²) in [5, 5.41) is 9.95. The Morgan fingerprint density at radius 1 is 1.41 bits per heavy atom. The Labute approximate surface area is 160 Å². The van der Waals surface area contributed by atoms with E-state index in [-0.39, 0.29) is 17.8 Å². The summed E-state index contributed by atoms with van der Waals surface area (Å²) in [7, 11) is 1.57. The summed E-state index contributed by atoms with van der Waals surface area (Å²) in [6, 6.07) is 5.63. The second-order valence-corrected chi connectivity index (χ2v) is 7.47. The van der Waals surface area contributed by atoms with E-state index in [2.05, 4.69) is 18.7 Å². The average molecular weight is 382 g/mol. The van der Waals surface area contributed by atoms with Crippen LogP contribution in [-0.4, -0.2) is 86.1 Å². The highest BCUT2D eigenvalue weighted by molar-refractivity contribution is 5.94. The predicted molar refractivity (Wildman–Crippen MR) is 101 cm³/mol. The van der Waals surface area contributed by atoms with Crippen molar-refractivity contribution in [3.8, 4) is 0 Å². The van der Waals surface area contributed by atoms with Crippen molar-refractivity contribution in [1.82, 2.24) is 9.80 Å². The molecule has 1 aromatic rings. The topological polar surface area (TPSA) is 62.2 Å². The standard InChI is InChI=1S/C20H31FN2O4/c1-15(2)10-23(20(25)16-4-6-17(21)7-5-16)13-19-12-22(8-9-27-19)11-18(24)14-26-3/h4-7,15,18-19,24H,8-14H2,1-3H3/t18-,19-/m1/s1. The van der Waals surface area contributed by atoms with Crippen molar-refractivity contribution in [2.45, 2.75) is 26.1 Å². The second kappa shape index (κ2) is 10.7. The molecule has 0 saturated carbocycles. The summed E-state index contributed by atoms with van der Waals surface area (Å²) in [4.78, 5) is 16.8. The number of carbonyl (C=O) groups excluding carboxylic acids is 1. The van der Waals surface area contributed by atoms with E-state index in [1.807, 2.05) is 0 Å². The van der Waals surface area contributed by atoms with Crippen LogP contribution in [0.5, 0.6) is 0 Å². The fraction of sp³-hybridized carbons (Fsp3) is 0.650. The lowest BCUT2D eigenvalue weighted by molar-refractivity contribution is -0.0569. The Morgan fingerprint density at radius 3 is 2.74 bits per heavy atom. The summed E-state index contributed by atoms with van der Waals surface area (Å²) >= 11 is 0. The van der Waals surface area contributed by atoms with Crippen LogP contribution in [0, 0.1) is 11.7 Å². The van der Waals surface area contributed by atoms with Crippen LogP contribution in [0.15, 0.2) is 24.3 Å². The number of morpholine rings is 1. The molecule has 1 N–H and O–H groups in total. The number of hydrogen-bond acceptors (Lipinski definition) is 5. The number of β-amino-alcohol motifs (C(OH)–C–C–N with tert-alkyl or cyclic N) is 1. The molecule has 27 heavy (non-hydrogen) atoms. The lowest BCUT2D eigenvalue weighted by Gasteiger charge is -2.37. The zero-order valence-corrected chi connectivity index (χ0v) is 16.4. The van der Waals surface area contributed by atoms with Gasteiger partial charge in [0.15, 0.2) is 0 Å². The number of carbonyl (C=O) groups is 1. The number of aliphatic hydroxyl groups excluding tert-OH is 1. The van der Waals surface area contributed by atoms with Crippen LogP contribution in [0.4, 0.5) is 4.39 Å². The van der Waals surface area contributed by atoms with Gasteiger partial charge in [0.2, 0.25) is 0 Å². The maximum absolute atomic E-state index is 13.2. The molecule has 152 valence electrons. The first-order valence-electron chi connectivity index (χ1n) is 9.44. The molecule has 1 aliphatic rings. The number of benzene rings is 1. The van der Waals surface area contributed by atoms with Gasteiger partial charge in [-0.05, 0) is 30.2 Å². The van der Waals surface area contributed by atoms with Crippen molar-refractivity contribution >= 4 is 5.91 Å². The number of rotatable bonds is 9. The molecule has 1 aliphatic heterocycles. The first kappa shape index (κ1) is 21.8. The monoisotopic (exact) mass is 382 g/mol. The van der Waals surface area contributed by atoms with Crippen LogP contribution in [0.2, 0.25) is 0 Å². The van der Waals surface area contributed by atoms with Crippen LogP contribution in [-0.2, 0) is 9.47 Å². The van der Waals surface area contributed by atoms with Crippen molar-refractivity contribution in [2.24, 2.45) is 5.92 Å². The van der Waals surface area contributed by atoms with E-state index in [1.54, 1.807) is 12.0 Å². The largest absolute Gasteiger partial charge is 0.389 e. The lowest BCUT2D eigenvalue weighted by Crippen LogP contribution is -2.51. The van der Waals surface area contributed by atoms with E-state index in [9.17, 15) is 14.3 Å². The smallest absolute Gasteiger partial charge is 0.253 e. The van der Waals surface area contributed by atoms with Gasteiger partial charge in [0.25, 0.3) is 5.91 Å². The van der Waals surface area contributed by atoms with E-state index in [0.29, 0.717) is 50.9 Å². The minimum Gasteiger partial charge on any atom is -0.389 e. The molecular weight excluding hydrogens is 351 g/mol. The fourth-order valence-corrected chi connectivity index (χ4v) is 3.30. The quantitative estimate of drug-likeness (QED) is 0.703. The number of methoxy groups -OCH3 is 1. The van der Waals surface area contributed by atoms with Crippen molar-refractivity contribution < 1.29 is 23.8 Å². The second-order valence-electron chi connectivity index (χ2n) is 7.47. The normalized spacial score (nSPS) is 19.3. The number of amides is 1. The van der Waals surface area contributed by atoms with Gasteiger partial charge >= 0.3 is 0 Å². The number of aliphatic hydroxyl groups is 1. The van der Waals surface area contributed by atoms with Gasteiger partial charge in [-0.25, -0.2) is 4.39 Å². The molecule has 6 nitrogen and oxygen atoms in total. The maximum Gasteiger partial charge on any atom is 0.253 e. The van der Waals surface area contributed by atoms with E-state index < -0.39 is 6.10 Å². The molecule has 0 unspecified atom stereocenters. The van der Waals surface area contributed by atoms with Gasteiger partial charge < -0.3 is 19.5 Å². The van der Waals surface area contributed by atoms with E-state index in [4.69, 9.17) is 9.47 Å². The number of hydrogen-bond donors (Lipinski definition) is 1. The first-order valence-corrected chi connectivity index (χ1v) is 9.44. The number of nitrogens with zero attached hydrogens (tertiary/aromatic N) is 2. The Balaban J connectivity index is 2.00. The zero-order valence-electron chi connectivity index (χ0n) is 16.4. The van der Waals surface area contributed by atoms with E-state index >= 15 is 0 Å². The SMILES string of the molecule is COC[C@H](O)CN1CCO[C@@H](CN(CC(C)C)C(=O)c2ccc(F)cc2)C1. The molecule has 0 aromatic heterocycles. The summed E-state index contributed by atoms with van der Waals surface area (Å²) in [5.41, 5.74) is 0.472. The third-order valence-electron chi connectivity index (χ3n) is 4.44. The van der Waals surface area contributed by atoms with Crippen LogP contribution in [0.3, 0.4) is 0 Å². The zero-order chi connectivity index (χ0) is 19.8. The highest BCUT2D eigenvalue weighted by Gasteiger charge is 2.27. The van der Waals surface area contributed by atoms with E-state index in [1.165, 1.54) is 24.3 Å². The van der Waals surface area contributed by atoms with Gasteiger partial charge in [0.05, 0.1) is 25.4 Å². The first-order chi connectivity index (χ1) is 12.9. The Morgan fingerprint density at radius 2 is 2.11 bits per heavy atom. The molecule has 1 saturated heterocycles. The fourth-order valence-electron chi connectivity index (χ4n) is 3.30. The molecule has 0 radical (unpaired) electrons. The van der Waals surface area contributed by atoms with Crippen LogP contribution >= 0.6 is 0 Å². The van der Waals surface area contributed by atoms with Gasteiger partial charge in [-0.15, -0.1) is 0 Å². The van der Waals surface area contributed by atoms with Gasteiger partial charge in [-0.1, -0.05) is 13.8 Å². The molecule has 7 heteroatoms. The number of ether oxygens (including phenoxy) is 2. The summed E-state index contributed by atoms with van der Waals surface area (Å²) < 4.78 is 24.0. The van der Waals surface area contributed by atoms with Gasteiger partial charge in [-0.2, -0.15) is 0 Å². The van der Waals surface area contributed by atoms with Crippen LogP contribution in [0.25, 0.3) is 0 Å². The van der Waals surface area contributed by atoms with Crippen LogP contribution in [0.1, 0.15) is 24.2 Å². The Kier molecular flexibility index (Phi) is 8.63. The average Bonchev–Trinajstić information content (AvgIpc) is 2.61. The number of halogens is 1. The van der Waals surface area contributed by atoms with Gasteiger partial charge in [-0.3, -0.25) is 9.69 Å². The molecule has 0 bridgehead atoms. The third-order valence-corrected chi connectivity index (χ3v) is 4.44. The minimum atomic E-state index is -0.540. The van der Waals surface area contributed by atoms with Crippen molar-refractivity contribution in [3.05, 3.63) is 35.6 Å². The van der Waals surface area contributed by atoms with Crippen molar-refractivity contribution in [2.75, 3.05) is 53.0 Å². The minimum absolute atomic E-state index is 0.121. The molecular formula is C20H31FN2O4. The summed E-state index contributed by atoms with van der Waals surface area (Å²) in [6.45, 7) is 7.94. The summed E-state index contributed by atoms with van der Waals surface area (Å²) in [5.74, 6) is -0.177. The molecule has 2 atom stereocenters. The van der Waals surface area contributed by atoms with Crippen molar-refractivity contribution in [1.29, 1.82) is 0 Å². The van der Waals surface area contributed by atoms with E-state index in [0.717, 1.165) is 6.54 Å². The highest BCUT2D eigenvalue weighted by atomic mass is 19.1. The maximum atomic E-state index is 13.2.